The Hall–Kier alpha value is -0.370. The lowest BCUT2D eigenvalue weighted by Crippen LogP contribution is -2.36. The molecular weight excluding hydrogens is 138 g/mol. The van der Waals surface area contributed by atoms with Gasteiger partial charge in [0, 0.05) is 18.2 Å². The van der Waals surface area contributed by atoms with Gasteiger partial charge in [0.2, 0.25) is 0 Å². The van der Waals surface area contributed by atoms with E-state index in [0.717, 1.165) is 6.54 Å². The number of rotatable bonds is 0. The van der Waals surface area contributed by atoms with Crippen LogP contribution in [0.15, 0.2) is 4.99 Å². The zero-order valence-electron chi connectivity index (χ0n) is 6.79. The molecule has 2 rings (SSSR count). The minimum atomic E-state index is -0.247. The number of hydrogen-bond acceptors (Lipinski definition) is 2. The van der Waals surface area contributed by atoms with Crippen molar-refractivity contribution in [1.29, 1.82) is 0 Å². The molecule has 0 amide bonds. The first kappa shape index (κ1) is 7.29. The Kier molecular flexibility index (Phi) is 1.72. The van der Waals surface area contributed by atoms with Gasteiger partial charge in [-0.05, 0) is 12.8 Å². The Bertz CT molecular complexity index is 170. The van der Waals surface area contributed by atoms with Gasteiger partial charge in [0.05, 0.1) is 6.10 Å². The van der Waals surface area contributed by atoms with Gasteiger partial charge in [-0.1, -0.05) is 19.3 Å². The molecule has 0 saturated heterocycles. The third kappa shape index (κ3) is 1.09. The normalized spacial score (nSPS) is 34.8. The van der Waals surface area contributed by atoms with Crippen molar-refractivity contribution in [2.45, 2.75) is 38.2 Å². The molecule has 1 N–H and O–H groups in total. The number of hydrogen-bond donors (Lipinski definition) is 1. The molecule has 1 unspecified atom stereocenters. The summed E-state index contributed by atoms with van der Waals surface area (Å²) in [6.07, 6.45) is 7.73. The van der Waals surface area contributed by atoms with Crippen LogP contribution in [0, 0.1) is 5.41 Å². The summed E-state index contributed by atoms with van der Waals surface area (Å²) >= 11 is 0. The lowest BCUT2D eigenvalue weighted by atomic mass is 9.72. The first-order chi connectivity index (χ1) is 5.33. The molecule has 2 aliphatic rings. The minimum absolute atomic E-state index is 0.165. The molecule has 11 heavy (non-hydrogen) atoms. The number of aliphatic hydroxyl groups excluding tert-OH is 1. The molecule has 0 aromatic heterocycles. The molecule has 0 aromatic rings. The second-order valence-electron chi connectivity index (χ2n) is 3.86. The molecule has 0 aromatic carbocycles. The van der Waals surface area contributed by atoms with Crippen LogP contribution in [0.2, 0.25) is 0 Å². The van der Waals surface area contributed by atoms with Gasteiger partial charge < -0.3 is 5.11 Å². The molecule has 0 radical (unpaired) electrons. The molecule has 1 fully saturated rings. The van der Waals surface area contributed by atoms with E-state index in [4.69, 9.17) is 0 Å². The summed E-state index contributed by atoms with van der Waals surface area (Å²) < 4.78 is 0. The molecule has 2 nitrogen and oxygen atoms in total. The first-order valence-electron chi connectivity index (χ1n) is 4.52. The summed E-state index contributed by atoms with van der Waals surface area (Å²) in [6.45, 7) is 0.869. The van der Waals surface area contributed by atoms with E-state index in [9.17, 15) is 5.11 Å². The van der Waals surface area contributed by atoms with Crippen molar-refractivity contribution in [1.82, 2.24) is 0 Å². The highest BCUT2D eigenvalue weighted by Gasteiger charge is 2.40. The summed E-state index contributed by atoms with van der Waals surface area (Å²) in [5.41, 5.74) is 0.165. The molecular formula is C9H15NO. The zero-order chi connectivity index (χ0) is 7.73. The fourth-order valence-electron chi connectivity index (χ4n) is 2.30. The first-order valence-corrected chi connectivity index (χ1v) is 4.52. The van der Waals surface area contributed by atoms with Gasteiger partial charge in [0.25, 0.3) is 0 Å². The highest BCUT2D eigenvalue weighted by Crippen LogP contribution is 2.41. The van der Waals surface area contributed by atoms with Crippen LogP contribution >= 0.6 is 0 Å². The van der Waals surface area contributed by atoms with E-state index in [-0.39, 0.29) is 11.5 Å². The van der Waals surface area contributed by atoms with Crippen LogP contribution in [0.4, 0.5) is 0 Å². The summed E-state index contributed by atoms with van der Waals surface area (Å²) in [5, 5.41) is 9.66. The van der Waals surface area contributed by atoms with Gasteiger partial charge in [-0.25, -0.2) is 0 Å². The van der Waals surface area contributed by atoms with Crippen LogP contribution in [0.5, 0.6) is 0 Å². The fourth-order valence-corrected chi connectivity index (χ4v) is 2.30. The van der Waals surface area contributed by atoms with Crippen LogP contribution in [0.1, 0.15) is 32.1 Å². The average molecular weight is 153 g/mol. The Morgan fingerprint density at radius 2 is 2.00 bits per heavy atom. The molecule has 1 aliphatic heterocycles. The predicted octanol–water partition coefficient (Wildman–Crippen LogP) is 1.38. The third-order valence-electron chi connectivity index (χ3n) is 3.13. The molecule has 1 heterocycles. The van der Waals surface area contributed by atoms with Gasteiger partial charge in [-0.2, -0.15) is 0 Å². The van der Waals surface area contributed by atoms with Crippen LogP contribution in [0.3, 0.4) is 0 Å². The SMILES string of the molecule is OC1C=NCC12CCCCC2. The molecule has 62 valence electrons. The Morgan fingerprint density at radius 1 is 1.27 bits per heavy atom. The van der Waals surface area contributed by atoms with Gasteiger partial charge in [0.1, 0.15) is 0 Å². The van der Waals surface area contributed by atoms with E-state index in [2.05, 4.69) is 4.99 Å². The fraction of sp³-hybridized carbons (Fsp3) is 0.889. The predicted molar refractivity (Wildman–Crippen MR) is 44.9 cm³/mol. The summed E-state index contributed by atoms with van der Waals surface area (Å²) in [5.74, 6) is 0. The highest BCUT2D eigenvalue weighted by atomic mass is 16.3. The maximum absolute atomic E-state index is 9.66. The maximum atomic E-state index is 9.66. The van der Waals surface area contributed by atoms with Crippen molar-refractivity contribution in [3.63, 3.8) is 0 Å². The number of aliphatic hydroxyl groups is 1. The molecule has 0 bridgehead atoms. The van der Waals surface area contributed by atoms with Gasteiger partial charge >= 0.3 is 0 Å². The number of aliphatic imine (C=N–C) groups is 1. The van der Waals surface area contributed by atoms with Crippen molar-refractivity contribution in [3.05, 3.63) is 0 Å². The summed E-state index contributed by atoms with van der Waals surface area (Å²) in [7, 11) is 0. The monoisotopic (exact) mass is 153 g/mol. The Balaban J connectivity index is 2.08. The van der Waals surface area contributed by atoms with Gasteiger partial charge in [-0.15, -0.1) is 0 Å². The summed E-state index contributed by atoms with van der Waals surface area (Å²) in [6, 6.07) is 0. The average Bonchev–Trinajstić information content (AvgIpc) is 2.36. The Labute approximate surface area is 67.3 Å². The van der Waals surface area contributed by atoms with E-state index in [1.54, 1.807) is 6.21 Å². The van der Waals surface area contributed by atoms with Crippen molar-refractivity contribution in [2.24, 2.45) is 10.4 Å². The van der Waals surface area contributed by atoms with E-state index in [1.165, 1.54) is 32.1 Å². The van der Waals surface area contributed by atoms with Crippen molar-refractivity contribution in [2.75, 3.05) is 6.54 Å². The highest BCUT2D eigenvalue weighted by molar-refractivity contribution is 5.66. The maximum Gasteiger partial charge on any atom is 0.0960 e. The third-order valence-corrected chi connectivity index (χ3v) is 3.13. The van der Waals surface area contributed by atoms with Crippen LogP contribution in [-0.2, 0) is 0 Å². The van der Waals surface area contributed by atoms with Crippen LogP contribution in [0.25, 0.3) is 0 Å². The smallest absolute Gasteiger partial charge is 0.0960 e. The minimum Gasteiger partial charge on any atom is -0.387 e. The largest absolute Gasteiger partial charge is 0.387 e. The summed E-state index contributed by atoms with van der Waals surface area (Å²) in [4.78, 5) is 4.17. The molecule has 2 heteroatoms. The van der Waals surface area contributed by atoms with Gasteiger partial charge in [-0.3, -0.25) is 4.99 Å². The second-order valence-corrected chi connectivity index (χ2v) is 3.86. The second kappa shape index (κ2) is 2.59. The quantitative estimate of drug-likeness (QED) is 0.560. The zero-order valence-corrected chi connectivity index (χ0v) is 6.79. The van der Waals surface area contributed by atoms with E-state index in [1.807, 2.05) is 0 Å². The number of nitrogens with zero attached hydrogens (tertiary/aromatic N) is 1. The topological polar surface area (TPSA) is 32.6 Å². The lowest BCUT2D eigenvalue weighted by Gasteiger charge is -2.34. The standard InChI is InChI=1S/C9H15NO/c11-8-6-10-7-9(8)4-2-1-3-5-9/h6,8,11H,1-5,7H2. The lowest BCUT2D eigenvalue weighted by molar-refractivity contribution is 0.0640. The molecule has 1 spiro atoms. The molecule has 1 aliphatic carbocycles. The van der Waals surface area contributed by atoms with Crippen LogP contribution < -0.4 is 0 Å². The van der Waals surface area contributed by atoms with E-state index < -0.39 is 0 Å². The Morgan fingerprint density at radius 3 is 2.55 bits per heavy atom. The van der Waals surface area contributed by atoms with E-state index in [0.29, 0.717) is 0 Å². The van der Waals surface area contributed by atoms with Crippen molar-refractivity contribution >= 4 is 6.21 Å². The molecule has 1 saturated carbocycles. The van der Waals surface area contributed by atoms with Crippen molar-refractivity contribution in [3.8, 4) is 0 Å². The van der Waals surface area contributed by atoms with Crippen molar-refractivity contribution < 1.29 is 5.11 Å². The van der Waals surface area contributed by atoms with E-state index >= 15 is 0 Å². The van der Waals surface area contributed by atoms with Gasteiger partial charge in [0.15, 0.2) is 0 Å². The molecule has 1 atom stereocenters. The van der Waals surface area contributed by atoms with Crippen LogP contribution in [-0.4, -0.2) is 24.0 Å².